The Morgan fingerprint density at radius 1 is 1.40 bits per heavy atom. The quantitative estimate of drug-likeness (QED) is 0.621. The van der Waals surface area contributed by atoms with Crippen LogP contribution >= 0.6 is 0 Å². The number of hydrogen-bond donors (Lipinski definition) is 2. The fraction of sp³-hybridized carbons (Fsp3) is 0.429. The van der Waals surface area contributed by atoms with E-state index in [1.807, 2.05) is 0 Å². The fourth-order valence-corrected chi connectivity index (χ4v) is 1.69. The number of anilines is 1. The van der Waals surface area contributed by atoms with Crippen molar-refractivity contribution in [2.75, 3.05) is 12.8 Å². The fourth-order valence-electron chi connectivity index (χ4n) is 1.69. The molecule has 3 N–H and O–H groups in total. The first-order valence-electron chi connectivity index (χ1n) is 6.46. The zero-order valence-electron chi connectivity index (χ0n) is 11.5. The van der Waals surface area contributed by atoms with E-state index >= 15 is 0 Å². The van der Waals surface area contributed by atoms with Crippen molar-refractivity contribution in [1.82, 2.24) is 5.32 Å². The Bertz CT molecular complexity index is 526. The van der Waals surface area contributed by atoms with Crippen LogP contribution in [0.3, 0.4) is 0 Å². The molecule has 1 saturated carbocycles. The van der Waals surface area contributed by atoms with Gasteiger partial charge in [-0.25, -0.2) is 4.79 Å². The second-order valence-electron chi connectivity index (χ2n) is 4.79. The van der Waals surface area contributed by atoms with Gasteiger partial charge in [0, 0.05) is 6.04 Å². The van der Waals surface area contributed by atoms with Gasteiger partial charge in [0.1, 0.15) is 5.75 Å². The number of nitrogen functional groups attached to an aromatic ring is 1. The SMILES string of the molecule is COC(=O)c1ccc(OC(C)C(=O)NC2CC2)c(N)c1. The number of ether oxygens (including phenoxy) is 2. The molecule has 0 aromatic heterocycles. The molecule has 1 fully saturated rings. The number of hydrogen-bond acceptors (Lipinski definition) is 5. The second kappa shape index (κ2) is 5.81. The summed E-state index contributed by atoms with van der Waals surface area (Å²) in [7, 11) is 1.30. The van der Waals surface area contributed by atoms with E-state index in [0.29, 0.717) is 17.0 Å². The lowest BCUT2D eigenvalue weighted by Crippen LogP contribution is -2.37. The maximum Gasteiger partial charge on any atom is 0.337 e. The summed E-state index contributed by atoms with van der Waals surface area (Å²) in [5.74, 6) is -0.261. The molecule has 1 aliphatic carbocycles. The number of benzene rings is 1. The maximum atomic E-state index is 11.8. The molecule has 0 saturated heterocycles. The van der Waals surface area contributed by atoms with Gasteiger partial charge in [0.2, 0.25) is 0 Å². The molecule has 2 rings (SSSR count). The number of methoxy groups -OCH3 is 1. The van der Waals surface area contributed by atoms with Crippen LogP contribution < -0.4 is 15.8 Å². The van der Waals surface area contributed by atoms with Gasteiger partial charge in [0.05, 0.1) is 18.4 Å². The molecule has 0 spiro atoms. The smallest absolute Gasteiger partial charge is 0.337 e. The minimum Gasteiger partial charge on any atom is -0.479 e. The van der Waals surface area contributed by atoms with Crippen molar-refractivity contribution in [2.24, 2.45) is 0 Å². The van der Waals surface area contributed by atoms with Crippen molar-refractivity contribution in [1.29, 1.82) is 0 Å². The maximum absolute atomic E-state index is 11.8. The predicted molar refractivity (Wildman–Crippen MR) is 73.4 cm³/mol. The van der Waals surface area contributed by atoms with Crippen molar-refractivity contribution < 1.29 is 19.1 Å². The van der Waals surface area contributed by atoms with Crippen LogP contribution in [0.4, 0.5) is 5.69 Å². The first kappa shape index (κ1) is 14.2. The number of nitrogens with one attached hydrogen (secondary N) is 1. The van der Waals surface area contributed by atoms with Gasteiger partial charge < -0.3 is 20.5 Å². The molecule has 1 atom stereocenters. The number of rotatable bonds is 5. The Balaban J connectivity index is 2.01. The zero-order chi connectivity index (χ0) is 14.7. The van der Waals surface area contributed by atoms with Gasteiger partial charge >= 0.3 is 5.97 Å². The van der Waals surface area contributed by atoms with E-state index in [0.717, 1.165) is 12.8 Å². The predicted octanol–water partition coefficient (Wildman–Crippen LogP) is 1.10. The third kappa shape index (κ3) is 3.40. The highest BCUT2D eigenvalue weighted by atomic mass is 16.5. The van der Waals surface area contributed by atoms with Gasteiger partial charge in [-0.15, -0.1) is 0 Å². The van der Waals surface area contributed by atoms with Crippen LogP contribution in [-0.4, -0.2) is 31.1 Å². The average molecular weight is 278 g/mol. The molecule has 1 aromatic carbocycles. The van der Waals surface area contributed by atoms with Crippen molar-refractivity contribution in [2.45, 2.75) is 31.9 Å². The van der Waals surface area contributed by atoms with E-state index in [1.54, 1.807) is 19.1 Å². The summed E-state index contributed by atoms with van der Waals surface area (Å²) in [4.78, 5) is 23.1. The van der Waals surface area contributed by atoms with Crippen LogP contribution in [0.1, 0.15) is 30.1 Å². The van der Waals surface area contributed by atoms with E-state index in [2.05, 4.69) is 10.1 Å². The normalized spacial score (nSPS) is 15.3. The second-order valence-corrected chi connectivity index (χ2v) is 4.79. The summed E-state index contributed by atoms with van der Waals surface area (Å²) >= 11 is 0. The molecule has 1 aliphatic rings. The average Bonchev–Trinajstić information content (AvgIpc) is 3.23. The van der Waals surface area contributed by atoms with Gasteiger partial charge in [-0.1, -0.05) is 0 Å². The van der Waals surface area contributed by atoms with Crippen LogP contribution in [0.25, 0.3) is 0 Å². The van der Waals surface area contributed by atoms with E-state index in [9.17, 15) is 9.59 Å². The largest absolute Gasteiger partial charge is 0.479 e. The lowest BCUT2D eigenvalue weighted by Gasteiger charge is -2.16. The summed E-state index contributed by atoms with van der Waals surface area (Å²) < 4.78 is 10.1. The molecule has 6 nitrogen and oxygen atoms in total. The molecule has 108 valence electrons. The zero-order valence-corrected chi connectivity index (χ0v) is 11.5. The Kier molecular flexibility index (Phi) is 4.12. The van der Waals surface area contributed by atoms with Gasteiger partial charge in [-0.05, 0) is 38.0 Å². The first-order valence-corrected chi connectivity index (χ1v) is 6.46. The molecule has 1 unspecified atom stereocenters. The molecule has 0 radical (unpaired) electrons. The first-order chi connectivity index (χ1) is 9.51. The van der Waals surface area contributed by atoms with E-state index in [-0.39, 0.29) is 11.9 Å². The third-order valence-electron chi connectivity index (χ3n) is 3.03. The molecule has 1 amide bonds. The molecular formula is C14H18N2O4. The van der Waals surface area contributed by atoms with Gasteiger partial charge in [-0.2, -0.15) is 0 Å². The number of nitrogens with two attached hydrogens (primary N) is 1. The lowest BCUT2D eigenvalue weighted by molar-refractivity contribution is -0.127. The Labute approximate surface area is 117 Å². The van der Waals surface area contributed by atoms with E-state index in [1.165, 1.54) is 13.2 Å². The molecule has 0 heterocycles. The molecule has 1 aromatic rings. The van der Waals surface area contributed by atoms with Crippen LogP contribution in [0.2, 0.25) is 0 Å². The van der Waals surface area contributed by atoms with Gasteiger partial charge in [0.25, 0.3) is 5.91 Å². The summed E-state index contributed by atoms with van der Waals surface area (Å²) in [6.07, 6.45) is 1.41. The summed E-state index contributed by atoms with van der Waals surface area (Å²) in [5.41, 5.74) is 6.44. The van der Waals surface area contributed by atoms with Crippen LogP contribution in [-0.2, 0) is 9.53 Å². The van der Waals surface area contributed by atoms with Crippen LogP contribution in [0, 0.1) is 0 Å². The number of esters is 1. The highest BCUT2D eigenvalue weighted by molar-refractivity contribution is 5.91. The molecule has 0 bridgehead atoms. The highest BCUT2D eigenvalue weighted by Crippen LogP contribution is 2.24. The minimum absolute atomic E-state index is 0.163. The van der Waals surface area contributed by atoms with Gasteiger partial charge in [0.15, 0.2) is 6.10 Å². The summed E-state index contributed by atoms with van der Waals surface area (Å²) in [6, 6.07) is 4.85. The van der Waals surface area contributed by atoms with E-state index < -0.39 is 12.1 Å². The highest BCUT2D eigenvalue weighted by Gasteiger charge is 2.26. The molecule has 6 heteroatoms. The molecule has 0 aliphatic heterocycles. The summed E-state index contributed by atoms with van der Waals surface area (Å²) in [6.45, 7) is 1.66. The van der Waals surface area contributed by atoms with Crippen molar-refractivity contribution in [3.05, 3.63) is 23.8 Å². The number of carbonyl (C=O) groups excluding carboxylic acids is 2. The van der Waals surface area contributed by atoms with Crippen LogP contribution in [0.5, 0.6) is 5.75 Å². The van der Waals surface area contributed by atoms with Crippen molar-refractivity contribution in [3.63, 3.8) is 0 Å². The monoisotopic (exact) mass is 278 g/mol. The van der Waals surface area contributed by atoms with Crippen LogP contribution in [0.15, 0.2) is 18.2 Å². The number of amides is 1. The summed E-state index contributed by atoms with van der Waals surface area (Å²) in [5, 5.41) is 2.85. The Morgan fingerprint density at radius 3 is 2.65 bits per heavy atom. The Morgan fingerprint density at radius 2 is 2.10 bits per heavy atom. The number of carbonyl (C=O) groups is 2. The Hall–Kier alpha value is -2.24. The van der Waals surface area contributed by atoms with Crippen molar-refractivity contribution >= 4 is 17.6 Å². The molecular weight excluding hydrogens is 260 g/mol. The van der Waals surface area contributed by atoms with E-state index in [4.69, 9.17) is 10.5 Å². The lowest BCUT2D eigenvalue weighted by atomic mass is 10.2. The minimum atomic E-state index is -0.637. The standard InChI is InChI=1S/C14H18N2O4/c1-8(13(17)16-10-4-5-10)20-12-6-3-9(7-11(12)15)14(18)19-2/h3,6-8,10H,4-5,15H2,1-2H3,(H,16,17). The van der Waals surface area contributed by atoms with Crippen molar-refractivity contribution in [3.8, 4) is 5.75 Å². The third-order valence-corrected chi connectivity index (χ3v) is 3.03. The molecule has 20 heavy (non-hydrogen) atoms. The van der Waals surface area contributed by atoms with Gasteiger partial charge in [-0.3, -0.25) is 4.79 Å². The topological polar surface area (TPSA) is 90.6 Å².